The third-order valence-corrected chi connectivity index (χ3v) is 4.10. The lowest BCUT2D eigenvalue weighted by atomic mass is 10.1. The zero-order valence-corrected chi connectivity index (χ0v) is 14.0. The minimum Gasteiger partial charge on any atom is -0.467 e. The molecule has 1 aromatic carbocycles. The molecule has 0 bridgehead atoms. The van der Waals surface area contributed by atoms with Gasteiger partial charge < -0.3 is 20.0 Å². The summed E-state index contributed by atoms with van der Waals surface area (Å²) in [4.78, 5) is 19.8. The van der Waals surface area contributed by atoms with Gasteiger partial charge in [-0.3, -0.25) is 4.79 Å². The monoisotopic (exact) mass is 346 g/mol. The highest BCUT2D eigenvalue weighted by Gasteiger charge is 2.09. The first-order valence-electron chi connectivity index (χ1n) is 8.35. The Labute approximate surface area is 150 Å². The van der Waals surface area contributed by atoms with E-state index >= 15 is 0 Å². The van der Waals surface area contributed by atoms with Crippen molar-refractivity contribution in [3.63, 3.8) is 0 Å². The number of anilines is 2. The Balaban J connectivity index is 1.35. The minimum absolute atomic E-state index is 0.0986. The van der Waals surface area contributed by atoms with Crippen LogP contribution < -0.4 is 10.6 Å². The lowest BCUT2D eigenvalue weighted by molar-refractivity contribution is -0.115. The Morgan fingerprint density at radius 1 is 1.12 bits per heavy atom. The normalized spacial score (nSPS) is 10.8. The zero-order chi connectivity index (χ0) is 17.8. The van der Waals surface area contributed by atoms with Crippen LogP contribution in [-0.4, -0.2) is 15.9 Å². The summed E-state index contributed by atoms with van der Waals surface area (Å²) in [5.41, 5.74) is 2.85. The van der Waals surface area contributed by atoms with Gasteiger partial charge in [0.05, 0.1) is 31.1 Å². The number of fused-ring (bicyclic) bond motifs is 1. The molecule has 6 heteroatoms. The molecular formula is C20H18N4O2. The SMILES string of the molecule is O=C(Cc1c[nH]c2ccccc12)Nc1ccc(NCc2ccco2)cn1. The molecule has 0 aliphatic rings. The third-order valence-electron chi connectivity index (χ3n) is 4.10. The molecule has 0 atom stereocenters. The van der Waals surface area contributed by atoms with Gasteiger partial charge in [0.1, 0.15) is 11.6 Å². The summed E-state index contributed by atoms with van der Waals surface area (Å²) in [6, 6.07) is 15.3. The highest BCUT2D eigenvalue weighted by Crippen LogP contribution is 2.18. The molecule has 0 fully saturated rings. The van der Waals surface area contributed by atoms with E-state index in [4.69, 9.17) is 4.42 Å². The molecule has 3 N–H and O–H groups in total. The molecule has 0 saturated heterocycles. The number of para-hydroxylation sites is 1. The molecule has 0 unspecified atom stereocenters. The third kappa shape index (κ3) is 3.59. The molecule has 26 heavy (non-hydrogen) atoms. The summed E-state index contributed by atoms with van der Waals surface area (Å²) < 4.78 is 5.27. The van der Waals surface area contributed by atoms with Gasteiger partial charge in [-0.1, -0.05) is 18.2 Å². The lowest BCUT2D eigenvalue weighted by Gasteiger charge is -2.07. The second kappa shape index (κ2) is 7.14. The largest absolute Gasteiger partial charge is 0.467 e. The maximum atomic E-state index is 12.3. The van der Waals surface area contributed by atoms with Crippen molar-refractivity contribution in [3.8, 4) is 0 Å². The Morgan fingerprint density at radius 2 is 2.04 bits per heavy atom. The van der Waals surface area contributed by atoms with Crippen molar-refractivity contribution < 1.29 is 9.21 Å². The van der Waals surface area contributed by atoms with E-state index in [0.29, 0.717) is 18.8 Å². The van der Waals surface area contributed by atoms with Crippen LogP contribution in [0.2, 0.25) is 0 Å². The number of hydrogen-bond acceptors (Lipinski definition) is 4. The fourth-order valence-electron chi connectivity index (χ4n) is 2.81. The van der Waals surface area contributed by atoms with Crippen molar-refractivity contribution in [1.29, 1.82) is 0 Å². The van der Waals surface area contributed by atoms with E-state index in [0.717, 1.165) is 27.9 Å². The maximum absolute atomic E-state index is 12.3. The minimum atomic E-state index is -0.0986. The number of aromatic amines is 1. The van der Waals surface area contributed by atoms with E-state index in [1.165, 1.54) is 0 Å². The number of carbonyl (C=O) groups is 1. The van der Waals surface area contributed by atoms with Gasteiger partial charge in [-0.2, -0.15) is 0 Å². The van der Waals surface area contributed by atoms with Gasteiger partial charge in [0.2, 0.25) is 5.91 Å². The Morgan fingerprint density at radius 3 is 2.85 bits per heavy atom. The zero-order valence-electron chi connectivity index (χ0n) is 14.0. The fraction of sp³-hybridized carbons (Fsp3) is 0.100. The molecule has 3 heterocycles. The highest BCUT2D eigenvalue weighted by atomic mass is 16.3. The maximum Gasteiger partial charge on any atom is 0.230 e. The van der Waals surface area contributed by atoms with E-state index in [1.807, 2.05) is 48.7 Å². The van der Waals surface area contributed by atoms with Gasteiger partial charge in [-0.05, 0) is 35.9 Å². The molecule has 0 aliphatic carbocycles. The van der Waals surface area contributed by atoms with Crippen LogP contribution in [0.15, 0.2) is 71.6 Å². The molecule has 0 spiro atoms. The van der Waals surface area contributed by atoms with Crippen molar-refractivity contribution in [2.24, 2.45) is 0 Å². The van der Waals surface area contributed by atoms with E-state index in [9.17, 15) is 4.79 Å². The predicted octanol–water partition coefficient (Wildman–Crippen LogP) is 3.95. The molecule has 6 nitrogen and oxygen atoms in total. The van der Waals surface area contributed by atoms with Crippen LogP contribution in [0.4, 0.5) is 11.5 Å². The number of H-pyrrole nitrogens is 1. The van der Waals surface area contributed by atoms with Crippen molar-refractivity contribution in [2.45, 2.75) is 13.0 Å². The van der Waals surface area contributed by atoms with Crippen LogP contribution in [0.3, 0.4) is 0 Å². The number of aromatic nitrogens is 2. The number of nitrogens with one attached hydrogen (secondary N) is 3. The van der Waals surface area contributed by atoms with Crippen LogP contribution in [0.1, 0.15) is 11.3 Å². The first-order chi connectivity index (χ1) is 12.8. The van der Waals surface area contributed by atoms with Crippen LogP contribution in [0.5, 0.6) is 0 Å². The predicted molar refractivity (Wildman–Crippen MR) is 101 cm³/mol. The Kier molecular flexibility index (Phi) is 4.38. The van der Waals surface area contributed by atoms with Crippen LogP contribution in [0.25, 0.3) is 10.9 Å². The Bertz CT molecular complexity index is 1000. The fourth-order valence-corrected chi connectivity index (χ4v) is 2.81. The molecule has 4 rings (SSSR count). The molecule has 0 aliphatic heterocycles. The number of amides is 1. The summed E-state index contributed by atoms with van der Waals surface area (Å²) in [5, 5.41) is 7.11. The van der Waals surface area contributed by atoms with Gasteiger partial charge in [0.15, 0.2) is 0 Å². The highest BCUT2D eigenvalue weighted by molar-refractivity contribution is 5.95. The first-order valence-corrected chi connectivity index (χ1v) is 8.35. The Hall–Kier alpha value is -3.54. The molecule has 0 radical (unpaired) electrons. The van der Waals surface area contributed by atoms with Gasteiger partial charge in [0, 0.05) is 17.1 Å². The number of furan rings is 1. The summed E-state index contributed by atoms with van der Waals surface area (Å²) >= 11 is 0. The molecule has 0 saturated carbocycles. The summed E-state index contributed by atoms with van der Waals surface area (Å²) in [5.74, 6) is 1.28. The van der Waals surface area contributed by atoms with E-state index < -0.39 is 0 Å². The van der Waals surface area contributed by atoms with Crippen LogP contribution in [0, 0.1) is 0 Å². The van der Waals surface area contributed by atoms with E-state index in [2.05, 4.69) is 20.6 Å². The van der Waals surface area contributed by atoms with Crippen molar-refractivity contribution >= 4 is 28.3 Å². The number of pyridine rings is 1. The molecule has 3 aromatic heterocycles. The van der Waals surface area contributed by atoms with Gasteiger partial charge in [0.25, 0.3) is 0 Å². The number of benzene rings is 1. The van der Waals surface area contributed by atoms with Crippen molar-refractivity contribution in [1.82, 2.24) is 9.97 Å². The molecule has 1 amide bonds. The second-order valence-electron chi connectivity index (χ2n) is 5.95. The topological polar surface area (TPSA) is 83.0 Å². The first kappa shape index (κ1) is 16.0. The lowest BCUT2D eigenvalue weighted by Crippen LogP contribution is -2.15. The number of rotatable bonds is 6. The van der Waals surface area contributed by atoms with E-state index in [1.54, 1.807) is 18.5 Å². The average molecular weight is 346 g/mol. The van der Waals surface area contributed by atoms with Gasteiger partial charge in [-0.15, -0.1) is 0 Å². The molecule has 4 aromatic rings. The molecular weight excluding hydrogens is 328 g/mol. The van der Waals surface area contributed by atoms with Gasteiger partial charge >= 0.3 is 0 Å². The number of carbonyl (C=O) groups excluding carboxylic acids is 1. The van der Waals surface area contributed by atoms with E-state index in [-0.39, 0.29) is 5.91 Å². The standard InChI is InChI=1S/C20H18N4O2/c25-20(10-14-11-22-18-6-2-1-5-17(14)18)24-19-8-7-15(12-23-19)21-13-16-4-3-9-26-16/h1-9,11-12,21-22H,10,13H2,(H,23,24,25). The quantitative estimate of drug-likeness (QED) is 0.494. The number of hydrogen-bond donors (Lipinski definition) is 3. The van der Waals surface area contributed by atoms with Crippen LogP contribution >= 0.6 is 0 Å². The van der Waals surface area contributed by atoms with Crippen molar-refractivity contribution in [3.05, 3.63) is 78.5 Å². The summed E-state index contributed by atoms with van der Waals surface area (Å²) in [6.07, 6.45) is 5.50. The van der Waals surface area contributed by atoms with Crippen LogP contribution in [-0.2, 0) is 17.8 Å². The smallest absolute Gasteiger partial charge is 0.230 e. The van der Waals surface area contributed by atoms with Gasteiger partial charge in [-0.25, -0.2) is 4.98 Å². The number of nitrogens with zero attached hydrogens (tertiary/aromatic N) is 1. The molecule has 130 valence electrons. The summed E-state index contributed by atoms with van der Waals surface area (Å²) in [6.45, 7) is 0.584. The summed E-state index contributed by atoms with van der Waals surface area (Å²) in [7, 11) is 0. The second-order valence-corrected chi connectivity index (χ2v) is 5.95. The average Bonchev–Trinajstić information content (AvgIpc) is 3.32. The van der Waals surface area contributed by atoms with Crippen molar-refractivity contribution in [2.75, 3.05) is 10.6 Å².